The van der Waals surface area contributed by atoms with E-state index in [1.165, 1.54) is 32.7 Å². The molecule has 0 aromatic carbocycles. The largest absolute Gasteiger partial charge is 0.387 e. The molecule has 3 aromatic rings. The number of nitrogens with one attached hydrogen (secondary N) is 2. The molecule has 0 unspecified atom stereocenters. The van der Waals surface area contributed by atoms with E-state index >= 15 is 0 Å². The summed E-state index contributed by atoms with van der Waals surface area (Å²) in [5, 5.41) is 29.4. The van der Waals surface area contributed by atoms with Crippen molar-refractivity contribution in [3.05, 3.63) is 47.8 Å². The number of alkyl halides is 1. The van der Waals surface area contributed by atoms with Crippen LogP contribution in [0.5, 0.6) is 0 Å². The number of hydrogen-bond donors (Lipinski definition) is 3. The van der Waals surface area contributed by atoms with Crippen LogP contribution in [-0.2, 0) is 0 Å². The first-order chi connectivity index (χ1) is 16.3. The summed E-state index contributed by atoms with van der Waals surface area (Å²) in [6.07, 6.45) is 6.85. The third-order valence-corrected chi connectivity index (χ3v) is 6.21. The molecule has 1 saturated carbocycles. The van der Waals surface area contributed by atoms with Crippen LogP contribution in [0.25, 0.3) is 16.9 Å². The van der Waals surface area contributed by atoms with Gasteiger partial charge in [-0.2, -0.15) is 10.4 Å². The summed E-state index contributed by atoms with van der Waals surface area (Å²) in [7, 11) is 0. The number of aliphatic hydroxyl groups is 1. The molecule has 178 valence electrons. The summed E-state index contributed by atoms with van der Waals surface area (Å²) in [5.74, 6) is -0.457. The van der Waals surface area contributed by atoms with Crippen molar-refractivity contribution in [3.8, 4) is 17.5 Å². The normalized spacial score (nSPS) is 15.6. The Morgan fingerprint density at radius 1 is 1.29 bits per heavy atom. The van der Waals surface area contributed by atoms with E-state index in [0.717, 1.165) is 36.9 Å². The maximum atomic E-state index is 14.2. The van der Waals surface area contributed by atoms with Crippen molar-refractivity contribution in [2.24, 2.45) is 0 Å². The molecule has 1 amide bonds. The Balaban J connectivity index is 1.65. The summed E-state index contributed by atoms with van der Waals surface area (Å²) in [6, 6.07) is 9.61. The fourth-order valence-electron chi connectivity index (χ4n) is 4.14. The van der Waals surface area contributed by atoms with E-state index in [-0.39, 0.29) is 12.6 Å². The van der Waals surface area contributed by atoms with Gasteiger partial charge in [-0.1, -0.05) is 19.3 Å². The molecule has 0 radical (unpaired) electrons. The second kappa shape index (κ2) is 9.77. The van der Waals surface area contributed by atoms with Crippen molar-refractivity contribution in [2.75, 3.05) is 11.9 Å². The van der Waals surface area contributed by atoms with Crippen molar-refractivity contribution >= 4 is 17.1 Å². The molecular weight excluding hydrogens is 435 g/mol. The quantitative estimate of drug-likeness (QED) is 0.489. The van der Waals surface area contributed by atoms with Gasteiger partial charge in [0.2, 0.25) is 0 Å². The van der Waals surface area contributed by atoms with Crippen LogP contribution in [0.15, 0.2) is 36.7 Å². The zero-order valence-corrected chi connectivity index (χ0v) is 19.4. The van der Waals surface area contributed by atoms with Crippen LogP contribution < -0.4 is 10.6 Å². The van der Waals surface area contributed by atoms with Gasteiger partial charge in [0.1, 0.15) is 12.2 Å². The molecule has 9 heteroatoms. The second-order valence-electron chi connectivity index (χ2n) is 9.34. The van der Waals surface area contributed by atoms with Gasteiger partial charge in [0.25, 0.3) is 5.91 Å². The minimum atomic E-state index is -1.60. The standard InChI is InChI=1S/C25H29FN6O2/c1-25(2,34)23(26)15-29-24(33)19-14-28-21(11-20(19)31-17-6-4-3-5-7-17)22-9-8-18-10-16(12-27)13-30-32(18)22/h8-11,13-14,17,23,34H,3-7,15H2,1-2H3,(H,28,31)(H,29,33)/t23-/m1/s1. The minimum Gasteiger partial charge on any atom is -0.387 e. The van der Waals surface area contributed by atoms with Gasteiger partial charge < -0.3 is 15.7 Å². The summed E-state index contributed by atoms with van der Waals surface area (Å²) in [5.41, 5.74) is 1.96. The molecule has 0 saturated heterocycles. The van der Waals surface area contributed by atoms with Crippen LogP contribution in [0.1, 0.15) is 61.9 Å². The molecular formula is C25H29FN6O2. The number of carbonyl (C=O) groups excluding carboxylic acids is 1. The number of hydrogen-bond acceptors (Lipinski definition) is 6. The van der Waals surface area contributed by atoms with E-state index in [1.807, 2.05) is 18.2 Å². The molecule has 3 aromatic heterocycles. The van der Waals surface area contributed by atoms with Crippen molar-refractivity contribution < 1.29 is 14.3 Å². The Kier molecular flexibility index (Phi) is 6.80. The molecule has 1 aliphatic rings. The first-order valence-electron chi connectivity index (χ1n) is 11.6. The molecule has 34 heavy (non-hydrogen) atoms. The smallest absolute Gasteiger partial charge is 0.255 e. The van der Waals surface area contributed by atoms with Gasteiger partial charge in [-0.3, -0.25) is 9.78 Å². The average molecular weight is 465 g/mol. The van der Waals surface area contributed by atoms with Crippen LogP contribution in [-0.4, -0.2) is 50.0 Å². The topological polar surface area (TPSA) is 115 Å². The van der Waals surface area contributed by atoms with Gasteiger partial charge in [-0.05, 0) is 51.0 Å². The first-order valence-corrected chi connectivity index (χ1v) is 11.6. The average Bonchev–Trinajstić information content (AvgIpc) is 3.25. The van der Waals surface area contributed by atoms with E-state index < -0.39 is 17.7 Å². The molecule has 0 spiro atoms. The summed E-state index contributed by atoms with van der Waals surface area (Å²) >= 11 is 0. The molecule has 1 atom stereocenters. The van der Waals surface area contributed by atoms with Crippen molar-refractivity contribution in [3.63, 3.8) is 0 Å². The van der Waals surface area contributed by atoms with E-state index in [1.54, 1.807) is 10.6 Å². The van der Waals surface area contributed by atoms with Crippen LogP contribution in [0.2, 0.25) is 0 Å². The summed E-state index contributed by atoms with van der Waals surface area (Å²) in [4.78, 5) is 17.4. The number of amides is 1. The van der Waals surface area contributed by atoms with E-state index in [9.17, 15) is 14.3 Å². The first kappa shape index (κ1) is 23.6. The zero-order valence-electron chi connectivity index (χ0n) is 19.4. The molecule has 0 aliphatic heterocycles. The summed E-state index contributed by atoms with van der Waals surface area (Å²) < 4.78 is 15.9. The summed E-state index contributed by atoms with van der Waals surface area (Å²) in [6.45, 7) is 2.43. The maximum absolute atomic E-state index is 14.2. The van der Waals surface area contributed by atoms with Crippen LogP contribution >= 0.6 is 0 Å². The third kappa shape index (κ3) is 5.18. The minimum absolute atomic E-state index is 0.237. The van der Waals surface area contributed by atoms with Gasteiger partial charge in [0.05, 0.1) is 52.1 Å². The highest BCUT2D eigenvalue weighted by Crippen LogP contribution is 2.28. The number of aromatic nitrogens is 3. The highest BCUT2D eigenvalue weighted by Gasteiger charge is 2.27. The lowest BCUT2D eigenvalue weighted by atomic mass is 9.95. The predicted octanol–water partition coefficient (Wildman–Crippen LogP) is 3.85. The van der Waals surface area contributed by atoms with Gasteiger partial charge in [0, 0.05) is 12.2 Å². The number of halogens is 1. The lowest BCUT2D eigenvalue weighted by Crippen LogP contribution is -2.42. The van der Waals surface area contributed by atoms with Crippen LogP contribution in [0.3, 0.4) is 0 Å². The van der Waals surface area contributed by atoms with E-state index in [4.69, 9.17) is 5.26 Å². The second-order valence-corrected chi connectivity index (χ2v) is 9.34. The molecule has 4 rings (SSSR count). The molecule has 3 N–H and O–H groups in total. The van der Waals surface area contributed by atoms with Crippen LogP contribution in [0.4, 0.5) is 10.1 Å². The molecule has 0 bridgehead atoms. The molecule has 1 fully saturated rings. The van der Waals surface area contributed by atoms with Gasteiger partial charge in [0.15, 0.2) is 0 Å². The monoisotopic (exact) mass is 464 g/mol. The predicted molar refractivity (Wildman–Crippen MR) is 127 cm³/mol. The fraction of sp³-hybridized carbons (Fsp3) is 0.440. The number of carbonyl (C=O) groups is 1. The van der Waals surface area contributed by atoms with Crippen molar-refractivity contribution in [1.29, 1.82) is 5.26 Å². The number of nitrogens with zero attached hydrogens (tertiary/aromatic N) is 4. The van der Waals surface area contributed by atoms with Gasteiger partial charge in [-0.25, -0.2) is 8.91 Å². The Labute approximate surface area is 197 Å². The number of nitriles is 1. The molecule has 1 aliphatic carbocycles. The Bertz CT molecular complexity index is 1220. The number of anilines is 1. The van der Waals surface area contributed by atoms with Crippen molar-refractivity contribution in [1.82, 2.24) is 19.9 Å². The Hall–Kier alpha value is -3.51. The van der Waals surface area contributed by atoms with E-state index in [0.29, 0.717) is 22.5 Å². The zero-order chi connectivity index (χ0) is 24.3. The molecule has 3 heterocycles. The van der Waals surface area contributed by atoms with Gasteiger partial charge >= 0.3 is 0 Å². The van der Waals surface area contributed by atoms with Gasteiger partial charge in [-0.15, -0.1) is 0 Å². The lowest BCUT2D eigenvalue weighted by Gasteiger charge is -2.26. The SMILES string of the molecule is CC(C)(O)[C@H](F)CNC(=O)c1cnc(-c2ccc3cc(C#N)cnn23)cc1NC1CCCCC1. The Morgan fingerprint density at radius 3 is 2.76 bits per heavy atom. The van der Waals surface area contributed by atoms with Crippen LogP contribution in [0, 0.1) is 11.3 Å². The highest BCUT2D eigenvalue weighted by molar-refractivity contribution is 6.00. The Morgan fingerprint density at radius 2 is 2.06 bits per heavy atom. The highest BCUT2D eigenvalue weighted by atomic mass is 19.1. The number of fused-ring (bicyclic) bond motifs is 1. The number of rotatable bonds is 7. The van der Waals surface area contributed by atoms with E-state index in [2.05, 4.69) is 26.8 Å². The molecule has 8 nitrogen and oxygen atoms in total. The third-order valence-electron chi connectivity index (χ3n) is 6.21. The number of pyridine rings is 1. The fourth-order valence-corrected chi connectivity index (χ4v) is 4.14. The maximum Gasteiger partial charge on any atom is 0.255 e. The lowest BCUT2D eigenvalue weighted by molar-refractivity contribution is -0.00177. The van der Waals surface area contributed by atoms with Crippen molar-refractivity contribution in [2.45, 2.75) is 63.8 Å².